The van der Waals surface area contributed by atoms with Crippen molar-refractivity contribution in [3.63, 3.8) is 0 Å². The number of aryl methyl sites for hydroxylation is 2. The van der Waals surface area contributed by atoms with Crippen LogP contribution in [0.5, 0.6) is 0 Å². The maximum absolute atomic E-state index is 6.79. The summed E-state index contributed by atoms with van der Waals surface area (Å²) in [7, 11) is 0. The molecule has 4 nitrogen and oxygen atoms in total. The van der Waals surface area contributed by atoms with Crippen molar-refractivity contribution in [2.24, 2.45) is 0 Å². The highest BCUT2D eigenvalue weighted by molar-refractivity contribution is 7.13. The van der Waals surface area contributed by atoms with Crippen molar-refractivity contribution in [1.29, 1.82) is 0 Å². The molecule has 4 aromatic rings. The van der Waals surface area contributed by atoms with Crippen LogP contribution in [0.15, 0.2) is 60.1 Å². The summed E-state index contributed by atoms with van der Waals surface area (Å²) >= 11 is 8.49. The van der Waals surface area contributed by atoms with Crippen LogP contribution in [-0.4, -0.2) is 20.0 Å². The second kappa shape index (κ2) is 8.17. The molecule has 1 aromatic carbocycles. The van der Waals surface area contributed by atoms with Gasteiger partial charge in [0, 0.05) is 11.1 Å². The monoisotopic (exact) mass is 432 g/mol. The zero-order valence-electron chi connectivity index (χ0n) is 16.7. The van der Waals surface area contributed by atoms with E-state index >= 15 is 0 Å². The lowest BCUT2D eigenvalue weighted by molar-refractivity contribution is 0.649. The van der Waals surface area contributed by atoms with E-state index in [1.807, 2.05) is 23.0 Å². The summed E-state index contributed by atoms with van der Waals surface area (Å²) in [5.74, 6) is 0. The Labute approximate surface area is 184 Å². The Hall–Kier alpha value is -2.76. The van der Waals surface area contributed by atoms with Gasteiger partial charge in [0.15, 0.2) is 0 Å². The number of hydrogen-bond acceptors (Lipinski definition) is 4. The van der Waals surface area contributed by atoms with Crippen LogP contribution in [0.1, 0.15) is 41.4 Å². The van der Waals surface area contributed by atoms with Crippen molar-refractivity contribution in [3.05, 3.63) is 88.2 Å². The number of allylic oxidation sites excluding steroid dienone is 1. The molecule has 6 heteroatoms. The maximum Gasteiger partial charge on any atom is 0.110 e. The van der Waals surface area contributed by atoms with E-state index in [0.717, 1.165) is 52.5 Å². The molecule has 0 radical (unpaired) electrons. The number of hydrogen-bond donors (Lipinski definition) is 0. The lowest BCUT2D eigenvalue weighted by Crippen LogP contribution is -2.05. The molecule has 0 unspecified atom stereocenters. The van der Waals surface area contributed by atoms with Gasteiger partial charge in [-0.1, -0.05) is 54.1 Å². The molecular weight excluding hydrogens is 412 g/mol. The number of halogens is 1. The summed E-state index contributed by atoms with van der Waals surface area (Å²) in [5, 5.41) is 11.5. The van der Waals surface area contributed by atoms with Gasteiger partial charge in [-0.2, -0.15) is 0 Å². The van der Waals surface area contributed by atoms with Gasteiger partial charge in [-0.15, -0.1) is 16.4 Å². The fourth-order valence-corrected chi connectivity index (χ4v) is 4.85. The van der Waals surface area contributed by atoms with E-state index < -0.39 is 0 Å². The van der Waals surface area contributed by atoms with Gasteiger partial charge >= 0.3 is 0 Å². The third-order valence-corrected chi connectivity index (χ3v) is 6.81. The Balaban J connectivity index is 1.40. The third kappa shape index (κ3) is 3.71. The van der Waals surface area contributed by atoms with E-state index in [9.17, 15) is 0 Å². The van der Waals surface area contributed by atoms with Gasteiger partial charge in [0.2, 0.25) is 0 Å². The molecular formula is C24H21ClN4S. The van der Waals surface area contributed by atoms with E-state index in [-0.39, 0.29) is 0 Å². The minimum Gasteiger partial charge on any atom is -0.251 e. The molecule has 0 bridgehead atoms. The maximum atomic E-state index is 6.79. The summed E-state index contributed by atoms with van der Waals surface area (Å²) in [6.45, 7) is 2.86. The highest BCUT2D eigenvalue weighted by Gasteiger charge is 2.22. The smallest absolute Gasteiger partial charge is 0.110 e. The molecule has 0 saturated heterocycles. The molecule has 150 valence electrons. The Bertz CT molecular complexity index is 1210. The molecule has 30 heavy (non-hydrogen) atoms. The molecule has 0 spiro atoms. The highest BCUT2D eigenvalue weighted by atomic mass is 35.5. The number of benzene rings is 1. The molecule has 5 rings (SSSR count). The number of fused-ring (bicyclic) bond motifs is 1. The summed E-state index contributed by atoms with van der Waals surface area (Å²) < 4.78 is 1.88. The molecule has 1 aliphatic carbocycles. The van der Waals surface area contributed by atoms with Crippen molar-refractivity contribution >= 4 is 33.5 Å². The average Bonchev–Trinajstić information content (AvgIpc) is 3.47. The highest BCUT2D eigenvalue weighted by Crippen LogP contribution is 2.39. The molecule has 3 aromatic heterocycles. The number of rotatable bonds is 5. The van der Waals surface area contributed by atoms with E-state index in [0.29, 0.717) is 6.54 Å². The van der Waals surface area contributed by atoms with E-state index in [2.05, 4.69) is 59.0 Å². The molecule has 1 aliphatic rings. The first-order valence-corrected chi connectivity index (χ1v) is 11.4. The Morgan fingerprint density at radius 1 is 1.00 bits per heavy atom. The lowest BCUT2D eigenvalue weighted by Gasteiger charge is -2.18. The Morgan fingerprint density at radius 3 is 2.60 bits per heavy atom. The summed E-state index contributed by atoms with van der Waals surface area (Å²) in [5.41, 5.74) is 7.51. The first kappa shape index (κ1) is 19.2. The van der Waals surface area contributed by atoms with Crippen molar-refractivity contribution in [2.75, 3.05) is 0 Å². The fraction of sp³-hybridized carbons (Fsp3) is 0.208. The van der Waals surface area contributed by atoms with Crippen LogP contribution in [0.25, 0.3) is 21.2 Å². The van der Waals surface area contributed by atoms with Crippen molar-refractivity contribution in [1.82, 2.24) is 20.0 Å². The minimum atomic E-state index is 0.699. The SMILES string of the molecule is CCc1ccc(Cn2cc(C3=C(Cl)c4ccc(-c5cccs5)nc4CC3)nn2)cc1. The molecule has 0 fully saturated rings. The van der Waals surface area contributed by atoms with Crippen LogP contribution < -0.4 is 0 Å². The summed E-state index contributed by atoms with van der Waals surface area (Å²) in [6.07, 6.45) is 4.71. The Morgan fingerprint density at radius 2 is 1.83 bits per heavy atom. The van der Waals surface area contributed by atoms with E-state index in [1.54, 1.807) is 11.3 Å². The topological polar surface area (TPSA) is 43.6 Å². The quantitative estimate of drug-likeness (QED) is 0.384. The van der Waals surface area contributed by atoms with Gasteiger partial charge in [0.1, 0.15) is 5.69 Å². The van der Waals surface area contributed by atoms with Crippen LogP contribution in [-0.2, 0) is 19.4 Å². The van der Waals surface area contributed by atoms with Crippen LogP contribution in [0.3, 0.4) is 0 Å². The number of aromatic nitrogens is 4. The van der Waals surface area contributed by atoms with Gasteiger partial charge in [0.05, 0.1) is 34.0 Å². The second-order valence-electron chi connectivity index (χ2n) is 7.43. The molecule has 0 amide bonds. The molecule has 0 saturated carbocycles. The third-order valence-electron chi connectivity index (χ3n) is 5.48. The van der Waals surface area contributed by atoms with Crippen LogP contribution in [0.2, 0.25) is 0 Å². The van der Waals surface area contributed by atoms with E-state index in [4.69, 9.17) is 16.6 Å². The largest absolute Gasteiger partial charge is 0.251 e. The number of thiophene rings is 1. The van der Waals surface area contributed by atoms with Gasteiger partial charge in [-0.25, -0.2) is 4.68 Å². The van der Waals surface area contributed by atoms with Gasteiger partial charge < -0.3 is 0 Å². The molecule has 0 atom stereocenters. The first-order chi connectivity index (χ1) is 14.7. The predicted molar refractivity (Wildman–Crippen MR) is 123 cm³/mol. The molecule has 3 heterocycles. The van der Waals surface area contributed by atoms with Crippen LogP contribution in [0, 0.1) is 0 Å². The number of pyridine rings is 1. The van der Waals surface area contributed by atoms with Crippen LogP contribution >= 0.6 is 22.9 Å². The van der Waals surface area contributed by atoms with E-state index in [1.165, 1.54) is 16.0 Å². The zero-order valence-corrected chi connectivity index (χ0v) is 18.2. The predicted octanol–water partition coefficient (Wildman–Crippen LogP) is 6.07. The normalized spacial score (nSPS) is 13.5. The second-order valence-corrected chi connectivity index (χ2v) is 8.76. The first-order valence-electron chi connectivity index (χ1n) is 10.1. The molecule has 0 aliphatic heterocycles. The average molecular weight is 433 g/mol. The zero-order chi connectivity index (χ0) is 20.5. The molecule has 0 N–H and O–H groups in total. The van der Waals surface area contributed by atoms with Crippen molar-refractivity contribution in [3.8, 4) is 10.6 Å². The lowest BCUT2D eigenvalue weighted by atomic mass is 9.94. The van der Waals surface area contributed by atoms with Gasteiger partial charge in [-0.05, 0) is 54.0 Å². The Kier molecular flexibility index (Phi) is 5.23. The standard InChI is InChI=1S/C24H21ClN4S/c1-2-16-5-7-17(8-6-16)14-29-15-22(27-28-29)19-9-11-20-18(24(19)25)10-12-21(26-20)23-4-3-13-30-23/h3-8,10,12-13,15H,2,9,11,14H2,1H3. The van der Waals surface area contributed by atoms with Gasteiger partial charge in [-0.3, -0.25) is 4.98 Å². The summed E-state index contributed by atoms with van der Waals surface area (Å²) in [6, 6.07) is 16.9. The van der Waals surface area contributed by atoms with Gasteiger partial charge in [0.25, 0.3) is 0 Å². The minimum absolute atomic E-state index is 0.699. The number of nitrogens with zero attached hydrogens (tertiary/aromatic N) is 4. The van der Waals surface area contributed by atoms with Crippen molar-refractivity contribution < 1.29 is 0 Å². The van der Waals surface area contributed by atoms with Crippen LogP contribution in [0.4, 0.5) is 0 Å². The fourth-order valence-electron chi connectivity index (χ4n) is 3.79. The summed E-state index contributed by atoms with van der Waals surface area (Å²) in [4.78, 5) is 6.04. The van der Waals surface area contributed by atoms with Crippen molar-refractivity contribution in [2.45, 2.75) is 32.7 Å².